The Kier molecular flexibility index (Phi) is 1.09. The molecule has 0 aliphatic rings. The van der Waals surface area contributed by atoms with Crippen molar-refractivity contribution >= 4 is 10.9 Å². The normalized spacial score (nSPS) is 10.6. The van der Waals surface area contributed by atoms with Crippen molar-refractivity contribution in [3.63, 3.8) is 0 Å². The van der Waals surface area contributed by atoms with E-state index in [9.17, 15) is 4.79 Å². The van der Waals surface area contributed by atoms with Crippen LogP contribution in [0.1, 0.15) is 0 Å². The van der Waals surface area contributed by atoms with Crippen molar-refractivity contribution < 1.29 is 0 Å². The van der Waals surface area contributed by atoms with Gasteiger partial charge in [0.05, 0.1) is 6.20 Å². The summed E-state index contributed by atoms with van der Waals surface area (Å²) in [6, 6.07) is 1.86. The number of hydrogen-bond acceptors (Lipinski definition) is 2. The van der Waals surface area contributed by atoms with E-state index in [4.69, 9.17) is 0 Å². The van der Waals surface area contributed by atoms with Gasteiger partial charge in [-0.25, -0.2) is 5.10 Å². The molecule has 1 N–H and O–H groups in total. The number of H-pyrrole nitrogens is 1. The number of aryl methyl sites for hydroxylation is 1. The summed E-state index contributed by atoms with van der Waals surface area (Å²) in [6.45, 7) is 0. The zero-order valence-electron chi connectivity index (χ0n) is 6.03. The lowest BCUT2D eigenvalue weighted by Gasteiger charge is -1.91. The Bertz CT molecular complexity index is 440. The quantitative estimate of drug-likeness (QED) is 0.584. The van der Waals surface area contributed by atoms with Gasteiger partial charge in [0, 0.05) is 18.6 Å². The second-order valence-corrected chi connectivity index (χ2v) is 2.43. The van der Waals surface area contributed by atoms with Gasteiger partial charge in [-0.05, 0) is 6.07 Å². The summed E-state index contributed by atoms with van der Waals surface area (Å²) >= 11 is 0. The second kappa shape index (κ2) is 1.95. The lowest BCUT2D eigenvalue weighted by atomic mass is 10.4. The minimum absolute atomic E-state index is 0.144. The number of aromatic amines is 1. The molecule has 4 nitrogen and oxygen atoms in total. The smallest absolute Gasteiger partial charge is 0.288 e. The zero-order chi connectivity index (χ0) is 7.84. The van der Waals surface area contributed by atoms with Crippen molar-refractivity contribution in [1.29, 1.82) is 0 Å². The SMILES string of the molecule is Cn1ccc2cn[nH]c(=O)c21. The molecule has 2 heterocycles. The van der Waals surface area contributed by atoms with E-state index < -0.39 is 0 Å². The molecular weight excluding hydrogens is 142 g/mol. The maximum atomic E-state index is 11.1. The molecule has 0 amide bonds. The van der Waals surface area contributed by atoms with Gasteiger partial charge < -0.3 is 4.57 Å². The third-order valence-corrected chi connectivity index (χ3v) is 1.69. The lowest BCUT2D eigenvalue weighted by Crippen LogP contribution is -2.09. The molecule has 2 aromatic rings. The molecule has 0 unspecified atom stereocenters. The standard InChI is InChI=1S/C7H7N3O/c1-10-3-2-5-4-8-9-7(11)6(5)10/h2-4H,1H3,(H,9,11). The monoisotopic (exact) mass is 149 g/mol. The molecule has 0 aliphatic carbocycles. The molecule has 0 bridgehead atoms. The van der Waals surface area contributed by atoms with Gasteiger partial charge in [0.1, 0.15) is 5.52 Å². The van der Waals surface area contributed by atoms with Crippen LogP contribution < -0.4 is 5.56 Å². The van der Waals surface area contributed by atoms with Crippen LogP contribution in [0.25, 0.3) is 10.9 Å². The van der Waals surface area contributed by atoms with E-state index in [-0.39, 0.29) is 5.56 Å². The van der Waals surface area contributed by atoms with Crippen LogP contribution >= 0.6 is 0 Å². The van der Waals surface area contributed by atoms with Gasteiger partial charge in [0.15, 0.2) is 0 Å². The number of rotatable bonds is 0. The van der Waals surface area contributed by atoms with Crippen LogP contribution in [0.4, 0.5) is 0 Å². The first kappa shape index (κ1) is 6.15. The van der Waals surface area contributed by atoms with Crippen molar-refractivity contribution in [2.45, 2.75) is 0 Å². The van der Waals surface area contributed by atoms with E-state index in [2.05, 4.69) is 10.2 Å². The average Bonchev–Trinajstić information content (AvgIpc) is 2.34. The first-order chi connectivity index (χ1) is 5.29. The molecule has 0 saturated heterocycles. The molecule has 0 fully saturated rings. The fourth-order valence-electron chi connectivity index (χ4n) is 1.16. The van der Waals surface area contributed by atoms with E-state index in [0.717, 1.165) is 5.39 Å². The number of aromatic nitrogens is 3. The van der Waals surface area contributed by atoms with Crippen LogP contribution in [0.2, 0.25) is 0 Å². The van der Waals surface area contributed by atoms with E-state index in [0.29, 0.717) is 5.52 Å². The zero-order valence-corrected chi connectivity index (χ0v) is 6.03. The topological polar surface area (TPSA) is 50.7 Å². The summed E-state index contributed by atoms with van der Waals surface area (Å²) in [5, 5.41) is 6.92. The summed E-state index contributed by atoms with van der Waals surface area (Å²) in [6.07, 6.45) is 3.47. The minimum Gasteiger partial charge on any atom is -0.346 e. The maximum Gasteiger partial charge on any atom is 0.288 e. The highest BCUT2D eigenvalue weighted by atomic mass is 16.1. The second-order valence-electron chi connectivity index (χ2n) is 2.43. The lowest BCUT2D eigenvalue weighted by molar-refractivity contribution is 0.934. The van der Waals surface area contributed by atoms with Gasteiger partial charge in [-0.1, -0.05) is 0 Å². The van der Waals surface area contributed by atoms with Gasteiger partial charge in [0.2, 0.25) is 0 Å². The van der Waals surface area contributed by atoms with Gasteiger partial charge in [-0.2, -0.15) is 5.10 Å². The fraction of sp³-hybridized carbons (Fsp3) is 0.143. The largest absolute Gasteiger partial charge is 0.346 e. The highest BCUT2D eigenvalue weighted by Crippen LogP contribution is 2.05. The third kappa shape index (κ3) is 0.756. The average molecular weight is 149 g/mol. The number of nitrogens with one attached hydrogen (secondary N) is 1. The number of hydrogen-bond donors (Lipinski definition) is 1. The van der Waals surface area contributed by atoms with E-state index in [1.165, 1.54) is 0 Å². The molecule has 2 rings (SSSR count). The van der Waals surface area contributed by atoms with Crippen molar-refractivity contribution in [2.75, 3.05) is 0 Å². The van der Waals surface area contributed by atoms with Crippen molar-refractivity contribution in [1.82, 2.24) is 14.8 Å². The molecule has 4 heteroatoms. The first-order valence-electron chi connectivity index (χ1n) is 3.28. The molecule has 0 aromatic carbocycles. The minimum atomic E-state index is -0.144. The van der Waals surface area contributed by atoms with Crippen molar-refractivity contribution in [2.24, 2.45) is 7.05 Å². The van der Waals surface area contributed by atoms with Crippen LogP contribution in [0, 0.1) is 0 Å². The van der Waals surface area contributed by atoms with Gasteiger partial charge in [-0.15, -0.1) is 0 Å². The van der Waals surface area contributed by atoms with E-state index in [1.54, 1.807) is 10.8 Å². The summed E-state index contributed by atoms with van der Waals surface area (Å²) in [4.78, 5) is 11.1. The summed E-state index contributed by atoms with van der Waals surface area (Å²) in [5.41, 5.74) is 0.523. The molecule has 0 radical (unpaired) electrons. The van der Waals surface area contributed by atoms with E-state index in [1.807, 2.05) is 19.3 Å². The summed E-state index contributed by atoms with van der Waals surface area (Å²) in [5.74, 6) is 0. The molecule has 0 aliphatic heterocycles. The molecular formula is C7H7N3O. The Morgan fingerprint density at radius 3 is 3.18 bits per heavy atom. The number of fused-ring (bicyclic) bond motifs is 1. The van der Waals surface area contributed by atoms with Crippen molar-refractivity contribution in [3.05, 3.63) is 28.8 Å². The van der Waals surface area contributed by atoms with Gasteiger partial charge >= 0.3 is 0 Å². The molecule has 0 atom stereocenters. The molecule has 11 heavy (non-hydrogen) atoms. The Morgan fingerprint density at radius 1 is 1.64 bits per heavy atom. The highest BCUT2D eigenvalue weighted by Gasteiger charge is 2.00. The van der Waals surface area contributed by atoms with Crippen LogP contribution in [-0.4, -0.2) is 14.8 Å². The van der Waals surface area contributed by atoms with Crippen LogP contribution in [-0.2, 0) is 7.05 Å². The summed E-state index contributed by atoms with van der Waals surface area (Å²) in [7, 11) is 1.83. The van der Waals surface area contributed by atoms with Gasteiger partial charge in [-0.3, -0.25) is 4.79 Å². The molecule has 0 saturated carbocycles. The Labute approximate surface area is 62.5 Å². The Morgan fingerprint density at radius 2 is 2.45 bits per heavy atom. The van der Waals surface area contributed by atoms with Crippen LogP contribution in [0.5, 0.6) is 0 Å². The van der Waals surface area contributed by atoms with Crippen molar-refractivity contribution in [3.8, 4) is 0 Å². The molecule has 0 spiro atoms. The predicted molar refractivity (Wildman–Crippen MR) is 41.3 cm³/mol. The predicted octanol–water partition coefficient (Wildman–Crippen LogP) is 0.262. The van der Waals surface area contributed by atoms with Crippen LogP contribution in [0.15, 0.2) is 23.3 Å². The Balaban J connectivity index is 3.08. The van der Waals surface area contributed by atoms with Crippen LogP contribution in [0.3, 0.4) is 0 Å². The fourth-order valence-corrected chi connectivity index (χ4v) is 1.16. The third-order valence-electron chi connectivity index (χ3n) is 1.69. The number of nitrogens with zero attached hydrogens (tertiary/aromatic N) is 2. The molecule has 56 valence electrons. The maximum absolute atomic E-state index is 11.1. The highest BCUT2D eigenvalue weighted by molar-refractivity contribution is 5.77. The van der Waals surface area contributed by atoms with Gasteiger partial charge in [0.25, 0.3) is 5.56 Å². The first-order valence-corrected chi connectivity index (χ1v) is 3.28. The molecule has 2 aromatic heterocycles. The Hall–Kier alpha value is -1.58. The summed E-state index contributed by atoms with van der Waals surface area (Å²) < 4.78 is 1.77. The van der Waals surface area contributed by atoms with E-state index >= 15 is 0 Å².